The van der Waals surface area contributed by atoms with Crippen LogP contribution in [0.3, 0.4) is 0 Å². The highest BCUT2D eigenvalue weighted by atomic mass is 35.5. The highest BCUT2D eigenvalue weighted by molar-refractivity contribution is 6.33. The van der Waals surface area contributed by atoms with Crippen LogP contribution >= 0.6 is 11.6 Å². The Morgan fingerprint density at radius 1 is 1.00 bits per heavy atom. The monoisotopic (exact) mass is 475 g/mol. The van der Waals surface area contributed by atoms with E-state index in [-0.39, 0.29) is 16.6 Å². The number of carbonyl (C=O) groups excluding carboxylic acids is 1. The number of benzene rings is 3. The molecule has 0 fully saturated rings. The molecule has 0 aliphatic carbocycles. The van der Waals surface area contributed by atoms with E-state index in [9.17, 15) is 18.0 Å². The Morgan fingerprint density at radius 3 is 2.24 bits per heavy atom. The maximum atomic E-state index is 13.3. The van der Waals surface area contributed by atoms with Gasteiger partial charge in [0.15, 0.2) is 0 Å². The predicted molar refractivity (Wildman–Crippen MR) is 126 cm³/mol. The van der Waals surface area contributed by atoms with Gasteiger partial charge in [0.05, 0.1) is 16.3 Å². The second-order valence-corrected chi connectivity index (χ2v) is 8.77. The van der Waals surface area contributed by atoms with Crippen molar-refractivity contribution in [1.29, 1.82) is 0 Å². The van der Waals surface area contributed by atoms with Gasteiger partial charge in [-0.3, -0.25) is 0 Å². The van der Waals surface area contributed by atoms with Crippen molar-refractivity contribution in [2.24, 2.45) is 5.92 Å². The summed E-state index contributed by atoms with van der Waals surface area (Å²) >= 11 is 6.11. The van der Waals surface area contributed by atoms with Gasteiger partial charge in [-0.25, -0.2) is 4.79 Å². The molecule has 0 amide bonds. The van der Waals surface area contributed by atoms with Gasteiger partial charge in [0.25, 0.3) is 0 Å². The number of esters is 1. The molecule has 0 aliphatic heterocycles. The average molecular weight is 476 g/mol. The zero-order valence-electron chi connectivity index (χ0n) is 18.8. The van der Waals surface area contributed by atoms with Crippen LogP contribution in [0.5, 0.6) is 5.75 Å². The maximum absolute atomic E-state index is 13.3. The van der Waals surface area contributed by atoms with Crippen molar-refractivity contribution >= 4 is 23.3 Å². The Labute approximate surface area is 196 Å². The van der Waals surface area contributed by atoms with Gasteiger partial charge >= 0.3 is 12.1 Å². The summed E-state index contributed by atoms with van der Waals surface area (Å²) in [5, 5.41) is 2.88. The van der Waals surface area contributed by atoms with E-state index >= 15 is 0 Å². The number of alkyl halides is 3. The van der Waals surface area contributed by atoms with E-state index in [2.05, 4.69) is 5.32 Å². The normalized spacial score (nSPS) is 13.5. The molecule has 0 saturated heterocycles. The summed E-state index contributed by atoms with van der Waals surface area (Å²) in [4.78, 5) is 13.3. The van der Waals surface area contributed by atoms with Crippen LogP contribution < -0.4 is 10.1 Å². The van der Waals surface area contributed by atoms with Crippen molar-refractivity contribution in [3.05, 3.63) is 82.9 Å². The van der Waals surface area contributed by atoms with Crippen LogP contribution in [0.25, 0.3) is 11.1 Å². The molecule has 0 aliphatic rings. The Hall–Kier alpha value is -2.99. The lowest BCUT2D eigenvalue weighted by molar-refractivity contribution is -0.140. The molecule has 1 N–H and O–H groups in total. The molecule has 3 rings (SSSR count). The molecule has 0 saturated carbocycles. The molecule has 174 valence electrons. The number of hydrogen-bond acceptors (Lipinski definition) is 3. The minimum atomic E-state index is -4.51. The van der Waals surface area contributed by atoms with Gasteiger partial charge in [0, 0.05) is 0 Å². The fourth-order valence-corrected chi connectivity index (χ4v) is 3.59. The molecule has 0 heterocycles. The molecule has 1 atom stereocenters. The fourth-order valence-electron chi connectivity index (χ4n) is 3.36. The van der Waals surface area contributed by atoms with Crippen molar-refractivity contribution in [1.82, 2.24) is 0 Å². The third kappa shape index (κ3) is 5.33. The number of anilines is 1. The summed E-state index contributed by atoms with van der Waals surface area (Å²) in [6.07, 6.45) is -4.51. The number of ether oxygens (including phenoxy) is 1. The van der Waals surface area contributed by atoms with Gasteiger partial charge in [-0.2, -0.15) is 13.2 Å². The molecule has 3 aromatic rings. The van der Waals surface area contributed by atoms with E-state index in [4.69, 9.17) is 16.3 Å². The first-order chi connectivity index (χ1) is 15.4. The average Bonchev–Trinajstić information content (AvgIpc) is 2.76. The van der Waals surface area contributed by atoms with E-state index < -0.39 is 23.2 Å². The molecule has 3 aromatic carbocycles. The quantitative estimate of drug-likeness (QED) is 0.292. The molecular formula is C26H25ClF3NO2. The first-order valence-electron chi connectivity index (χ1n) is 10.5. The lowest BCUT2D eigenvalue weighted by Gasteiger charge is -2.34. The molecule has 0 aromatic heterocycles. The van der Waals surface area contributed by atoms with E-state index in [1.165, 1.54) is 6.07 Å². The first-order valence-corrected chi connectivity index (χ1v) is 10.8. The van der Waals surface area contributed by atoms with E-state index in [1.807, 2.05) is 63.2 Å². The van der Waals surface area contributed by atoms with Crippen molar-refractivity contribution in [2.75, 3.05) is 5.32 Å². The highest BCUT2D eigenvalue weighted by Gasteiger charge is 2.40. The molecule has 7 heteroatoms. The summed E-state index contributed by atoms with van der Waals surface area (Å²) in [5.41, 5.74) is 0.835. The van der Waals surface area contributed by atoms with Crippen LogP contribution in [-0.2, 0) is 11.0 Å². The number of hydrogen-bond donors (Lipinski definition) is 1. The number of nitrogens with one attached hydrogen (secondary N) is 1. The lowest BCUT2D eigenvalue weighted by atomic mass is 9.88. The van der Waals surface area contributed by atoms with Crippen LogP contribution in [0.15, 0.2) is 66.7 Å². The van der Waals surface area contributed by atoms with Crippen molar-refractivity contribution in [2.45, 2.75) is 39.4 Å². The Morgan fingerprint density at radius 2 is 1.67 bits per heavy atom. The molecule has 0 spiro atoms. The van der Waals surface area contributed by atoms with E-state index in [0.717, 1.165) is 28.8 Å². The van der Waals surface area contributed by atoms with Crippen LogP contribution in [0, 0.1) is 12.8 Å². The zero-order valence-corrected chi connectivity index (χ0v) is 19.5. The summed E-state index contributed by atoms with van der Waals surface area (Å²) in [5.74, 6) is -0.420. The maximum Gasteiger partial charge on any atom is 0.416 e. The van der Waals surface area contributed by atoms with Gasteiger partial charge in [0.1, 0.15) is 11.3 Å². The van der Waals surface area contributed by atoms with E-state index in [0.29, 0.717) is 5.75 Å². The van der Waals surface area contributed by atoms with Crippen molar-refractivity contribution in [3.8, 4) is 16.9 Å². The number of carbonyl (C=O) groups is 1. The smallest absolute Gasteiger partial charge is 0.416 e. The third-order valence-corrected chi connectivity index (χ3v) is 6.15. The Bertz CT molecular complexity index is 1150. The van der Waals surface area contributed by atoms with Gasteiger partial charge in [-0.1, -0.05) is 67.9 Å². The minimum Gasteiger partial charge on any atom is -0.424 e. The number of halogens is 4. The minimum absolute atomic E-state index is 0.133. The van der Waals surface area contributed by atoms with Crippen LogP contribution in [-0.4, -0.2) is 11.5 Å². The third-order valence-electron chi connectivity index (χ3n) is 5.84. The molecule has 33 heavy (non-hydrogen) atoms. The van der Waals surface area contributed by atoms with Crippen LogP contribution in [0.2, 0.25) is 5.02 Å². The Kier molecular flexibility index (Phi) is 7.08. The lowest BCUT2D eigenvalue weighted by Crippen LogP contribution is -2.50. The molecular weight excluding hydrogens is 451 g/mol. The second-order valence-electron chi connectivity index (χ2n) is 8.36. The van der Waals surface area contributed by atoms with Gasteiger partial charge in [-0.15, -0.1) is 0 Å². The van der Waals surface area contributed by atoms with Crippen molar-refractivity contribution in [3.63, 3.8) is 0 Å². The van der Waals surface area contributed by atoms with Gasteiger partial charge < -0.3 is 10.1 Å². The van der Waals surface area contributed by atoms with Gasteiger partial charge in [0.2, 0.25) is 0 Å². The van der Waals surface area contributed by atoms with Crippen LogP contribution in [0.4, 0.5) is 18.9 Å². The SMILES string of the molecule is Cc1c(OC(=O)C(C)(Nc2ccc(C(F)(F)F)cc2Cl)C(C)C)cccc1-c1ccccc1. The number of rotatable bonds is 6. The summed E-state index contributed by atoms with van der Waals surface area (Å²) in [6, 6.07) is 18.2. The second kappa shape index (κ2) is 9.48. The summed E-state index contributed by atoms with van der Waals surface area (Å²) < 4.78 is 44.7. The molecule has 3 nitrogen and oxygen atoms in total. The van der Waals surface area contributed by atoms with Crippen LogP contribution in [0.1, 0.15) is 31.9 Å². The van der Waals surface area contributed by atoms with Crippen molar-refractivity contribution < 1.29 is 22.7 Å². The van der Waals surface area contributed by atoms with E-state index in [1.54, 1.807) is 13.0 Å². The van der Waals surface area contributed by atoms with Gasteiger partial charge in [-0.05, 0) is 60.7 Å². The highest BCUT2D eigenvalue weighted by Crippen LogP contribution is 2.36. The predicted octanol–water partition coefficient (Wildman–Crippen LogP) is 7.77. The topological polar surface area (TPSA) is 38.3 Å². The largest absolute Gasteiger partial charge is 0.424 e. The standard InChI is InChI=1S/C26H25ClF3NO2/c1-16(2)25(4,31-22-14-13-19(15-21(22)27)26(28,29)30)24(32)33-23-12-8-11-20(17(23)3)18-9-6-5-7-10-18/h5-16,31H,1-4H3. The molecule has 0 bridgehead atoms. The zero-order chi connectivity index (χ0) is 24.4. The Balaban J connectivity index is 1.90. The summed E-state index contributed by atoms with van der Waals surface area (Å²) in [7, 11) is 0. The fraction of sp³-hybridized carbons (Fsp3) is 0.269. The molecule has 1 unspecified atom stereocenters. The summed E-state index contributed by atoms with van der Waals surface area (Å²) in [6.45, 7) is 7.15. The molecule has 0 radical (unpaired) electrons. The first kappa shape index (κ1) is 24.6.